The second kappa shape index (κ2) is 11.4. The molecule has 1 amide bonds. The van der Waals surface area contributed by atoms with Gasteiger partial charge in [0.2, 0.25) is 0 Å². The maximum atomic E-state index is 14.6. The summed E-state index contributed by atoms with van der Waals surface area (Å²) in [6.45, 7) is 2.37. The molecule has 1 unspecified atom stereocenters. The fourth-order valence-electron chi connectivity index (χ4n) is 5.43. The summed E-state index contributed by atoms with van der Waals surface area (Å²) in [5, 5.41) is 2.96. The maximum Gasteiger partial charge on any atom is 0.266 e. The van der Waals surface area contributed by atoms with E-state index in [9.17, 15) is 9.59 Å². The highest BCUT2D eigenvalue weighted by Crippen LogP contribution is 2.31. The van der Waals surface area contributed by atoms with E-state index >= 15 is 0 Å². The van der Waals surface area contributed by atoms with Crippen molar-refractivity contribution in [3.63, 3.8) is 0 Å². The van der Waals surface area contributed by atoms with E-state index in [1.54, 1.807) is 22.8 Å². The Labute approximate surface area is 243 Å². The van der Waals surface area contributed by atoms with Crippen molar-refractivity contribution in [3.05, 3.63) is 154 Å². The molecular weight excluding hydrogens is 530 g/mol. The number of amides is 1. The molecule has 5 nitrogen and oxygen atoms in total. The molecule has 0 aliphatic carbocycles. The van der Waals surface area contributed by atoms with Crippen molar-refractivity contribution in [2.24, 2.45) is 0 Å². The number of carbonyl (C=O) groups is 1. The standard InChI is InChI=1S/C35H28ClN3O2/c1-2-32(33-37-31-18-9-8-16-30(31)35(41)39(33)27-21-19-26(36)20-22-27)38(23-24-11-4-3-5-12-24)34(40)29-17-10-14-25-13-6-7-15-28(25)29/h3-22,32H,2,23H2,1H3. The van der Waals surface area contributed by atoms with Crippen molar-refractivity contribution in [3.8, 4) is 5.69 Å². The number of aromatic nitrogens is 2. The van der Waals surface area contributed by atoms with Gasteiger partial charge in [-0.1, -0.05) is 97.4 Å². The monoisotopic (exact) mass is 557 g/mol. The lowest BCUT2D eigenvalue weighted by Gasteiger charge is -2.33. The van der Waals surface area contributed by atoms with Crippen LogP contribution in [0.5, 0.6) is 0 Å². The molecule has 6 aromatic rings. The minimum Gasteiger partial charge on any atom is -0.324 e. The van der Waals surface area contributed by atoms with Gasteiger partial charge in [-0.15, -0.1) is 0 Å². The summed E-state index contributed by atoms with van der Waals surface area (Å²) in [5.41, 5.74) is 2.64. The van der Waals surface area contributed by atoms with Crippen LogP contribution in [0.25, 0.3) is 27.4 Å². The Balaban J connectivity index is 1.58. The number of para-hydroxylation sites is 1. The first-order chi connectivity index (χ1) is 20.0. The quantitative estimate of drug-likeness (QED) is 0.200. The summed E-state index contributed by atoms with van der Waals surface area (Å²) in [4.78, 5) is 35.5. The summed E-state index contributed by atoms with van der Waals surface area (Å²) in [6, 6.07) is 37.6. The summed E-state index contributed by atoms with van der Waals surface area (Å²) in [5.74, 6) is 0.380. The molecule has 41 heavy (non-hydrogen) atoms. The summed E-state index contributed by atoms with van der Waals surface area (Å²) < 4.78 is 1.63. The number of fused-ring (bicyclic) bond motifs is 2. The number of carbonyl (C=O) groups excluding carboxylic acids is 1. The van der Waals surface area contributed by atoms with Crippen molar-refractivity contribution in [1.82, 2.24) is 14.5 Å². The van der Waals surface area contributed by atoms with Crippen molar-refractivity contribution in [2.45, 2.75) is 25.9 Å². The van der Waals surface area contributed by atoms with Gasteiger partial charge in [-0.2, -0.15) is 0 Å². The van der Waals surface area contributed by atoms with E-state index in [0.717, 1.165) is 16.3 Å². The molecule has 0 radical (unpaired) electrons. The lowest BCUT2D eigenvalue weighted by Crippen LogP contribution is -2.38. The van der Waals surface area contributed by atoms with Gasteiger partial charge in [0.15, 0.2) is 0 Å². The van der Waals surface area contributed by atoms with E-state index in [2.05, 4.69) is 0 Å². The van der Waals surface area contributed by atoms with Gasteiger partial charge in [0.1, 0.15) is 5.82 Å². The van der Waals surface area contributed by atoms with Crippen LogP contribution in [-0.2, 0) is 6.54 Å². The van der Waals surface area contributed by atoms with E-state index < -0.39 is 6.04 Å². The highest BCUT2D eigenvalue weighted by atomic mass is 35.5. The predicted molar refractivity (Wildman–Crippen MR) is 166 cm³/mol. The zero-order valence-electron chi connectivity index (χ0n) is 22.6. The van der Waals surface area contributed by atoms with Gasteiger partial charge >= 0.3 is 0 Å². The van der Waals surface area contributed by atoms with Crippen molar-refractivity contribution < 1.29 is 4.79 Å². The van der Waals surface area contributed by atoms with Crippen LogP contribution in [0.2, 0.25) is 5.02 Å². The fourth-order valence-corrected chi connectivity index (χ4v) is 5.55. The Morgan fingerprint density at radius 1 is 0.805 bits per heavy atom. The number of hydrogen-bond donors (Lipinski definition) is 0. The molecule has 6 heteroatoms. The first-order valence-electron chi connectivity index (χ1n) is 13.7. The molecule has 0 aliphatic rings. The topological polar surface area (TPSA) is 55.2 Å². The van der Waals surface area contributed by atoms with Crippen molar-refractivity contribution in [2.75, 3.05) is 0 Å². The second-order valence-electron chi connectivity index (χ2n) is 9.97. The molecule has 1 heterocycles. The second-order valence-corrected chi connectivity index (χ2v) is 10.4. The van der Waals surface area contributed by atoms with Crippen LogP contribution in [0.1, 0.15) is 41.1 Å². The van der Waals surface area contributed by atoms with Crippen LogP contribution in [-0.4, -0.2) is 20.4 Å². The molecule has 1 atom stereocenters. The molecule has 6 rings (SSSR count). The Kier molecular flexibility index (Phi) is 7.36. The van der Waals surface area contributed by atoms with Gasteiger partial charge in [0.25, 0.3) is 11.5 Å². The third-order valence-electron chi connectivity index (χ3n) is 7.42. The smallest absolute Gasteiger partial charge is 0.266 e. The predicted octanol–water partition coefficient (Wildman–Crippen LogP) is 7.99. The minimum absolute atomic E-state index is 0.123. The zero-order valence-corrected chi connectivity index (χ0v) is 23.3. The summed E-state index contributed by atoms with van der Waals surface area (Å²) >= 11 is 6.21. The Morgan fingerprint density at radius 3 is 2.22 bits per heavy atom. The first kappa shape index (κ1) is 26.5. The van der Waals surface area contributed by atoms with Gasteiger partial charge in [-0.25, -0.2) is 4.98 Å². The largest absolute Gasteiger partial charge is 0.324 e. The normalized spacial score (nSPS) is 12.0. The number of rotatable bonds is 7. The third-order valence-corrected chi connectivity index (χ3v) is 7.68. The highest BCUT2D eigenvalue weighted by Gasteiger charge is 2.30. The van der Waals surface area contributed by atoms with Gasteiger partial charge < -0.3 is 4.90 Å². The Morgan fingerprint density at radius 2 is 1.46 bits per heavy atom. The van der Waals surface area contributed by atoms with Crippen LogP contribution in [0.3, 0.4) is 0 Å². The van der Waals surface area contributed by atoms with Crippen LogP contribution in [0.15, 0.2) is 126 Å². The summed E-state index contributed by atoms with van der Waals surface area (Å²) in [6.07, 6.45) is 0.543. The molecule has 0 saturated carbocycles. The van der Waals surface area contributed by atoms with Crippen LogP contribution >= 0.6 is 11.6 Å². The Hall–Kier alpha value is -4.74. The van der Waals surface area contributed by atoms with Crippen LogP contribution in [0, 0.1) is 0 Å². The van der Waals surface area contributed by atoms with Crippen molar-refractivity contribution >= 4 is 39.2 Å². The van der Waals surface area contributed by atoms with E-state index in [-0.39, 0.29) is 11.5 Å². The average Bonchev–Trinajstić information content (AvgIpc) is 3.01. The summed E-state index contributed by atoms with van der Waals surface area (Å²) in [7, 11) is 0. The molecule has 0 aliphatic heterocycles. The van der Waals surface area contributed by atoms with Gasteiger partial charge in [-0.05, 0) is 65.2 Å². The van der Waals surface area contributed by atoms with E-state index in [1.807, 2.05) is 115 Å². The van der Waals surface area contributed by atoms with Crippen molar-refractivity contribution in [1.29, 1.82) is 0 Å². The molecule has 0 fully saturated rings. The molecule has 202 valence electrons. The van der Waals surface area contributed by atoms with Gasteiger partial charge in [0, 0.05) is 17.1 Å². The Bertz CT molecular complexity index is 1910. The number of benzene rings is 5. The van der Waals surface area contributed by atoms with Gasteiger partial charge in [0.05, 0.1) is 22.6 Å². The lowest BCUT2D eigenvalue weighted by atomic mass is 10.0. The molecule has 1 aromatic heterocycles. The lowest BCUT2D eigenvalue weighted by molar-refractivity contribution is 0.0643. The first-order valence-corrected chi connectivity index (χ1v) is 14.0. The molecule has 0 N–H and O–H groups in total. The molecule has 5 aromatic carbocycles. The van der Waals surface area contributed by atoms with E-state index in [1.165, 1.54) is 0 Å². The molecule has 0 spiro atoms. The fraction of sp³-hybridized carbons (Fsp3) is 0.114. The third kappa shape index (κ3) is 5.12. The van der Waals surface area contributed by atoms with Gasteiger partial charge in [-0.3, -0.25) is 14.2 Å². The van der Waals surface area contributed by atoms with E-state index in [4.69, 9.17) is 16.6 Å². The van der Waals surface area contributed by atoms with Crippen LogP contribution < -0.4 is 5.56 Å². The minimum atomic E-state index is -0.505. The SMILES string of the molecule is CCC(c1nc2ccccc2c(=O)n1-c1ccc(Cl)cc1)N(Cc1ccccc1)C(=O)c1cccc2ccccc12. The highest BCUT2D eigenvalue weighted by molar-refractivity contribution is 6.30. The van der Waals surface area contributed by atoms with Crippen LogP contribution in [0.4, 0.5) is 0 Å². The maximum absolute atomic E-state index is 14.6. The molecule has 0 saturated heterocycles. The average molecular weight is 558 g/mol. The number of nitrogens with zero attached hydrogens (tertiary/aromatic N) is 3. The number of halogens is 1. The zero-order chi connectivity index (χ0) is 28.3. The molecular formula is C35H28ClN3O2. The molecule has 0 bridgehead atoms. The number of hydrogen-bond acceptors (Lipinski definition) is 3. The van der Waals surface area contributed by atoms with E-state index in [0.29, 0.717) is 46.0 Å².